The van der Waals surface area contributed by atoms with E-state index in [-0.39, 0.29) is 17.8 Å². The minimum absolute atomic E-state index is 0.0264. The maximum atomic E-state index is 13.1. The third-order valence-corrected chi connectivity index (χ3v) is 5.72. The first-order valence-corrected chi connectivity index (χ1v) is 10.4. The molecule has 0 bridgehead atoms. The van der Waals surface area contributed by atoms with E-state index in [1.165, 1.54) is 17.7 Å². The van der Waals surface area contributed by atoms with Crippen molar-refractivity contribution in [2.45, 2.75) is 29.8 Å². The van der Waals surface area contributed by atoms with Crippen molar-refractivity contribution in [3.8, 4) is 0 Å². The average molecular weight is 409 g/mol. The third kappa shape index (κ3) is 5.12. The van der Waals surface area contributed by atoms with Gasteiger partial charge in [0.15, 0.2) is 0 Å². The lowest BCUT2D eigenvalue weighted by Crippen LogP contribution is -2.33. The van der Waals surface area contributed by atoms with Gasteiger partial charge in [-0.1, -0.05) is 42.5 Å². The first-order valence-electron chi connectivity index (χ1n) is 9.46. The Hall–Kier alpha value is -2.93. The van der Waals surface area contributed by atoms with E-state index < -0.39 is 0 Å². The maximum absolute atomic E-state index is 13.1. The van der Waals surface area contributed by atoms with Crippen molar-refractivity contribution in [2.75, 3.05) is 11.9 Å². The van der Waals surface area contributed by atoms with Gasteiger partial charge in [-0.05, 0) is 29.7 Å². The fourth-order valence-corrected chi connectivity index (χ4v) is 4.04. The Bertz CT molecular complexity index is 968. The fraction of sp³-hybridized carbons (Fsp3) is 0.227. The molecule has 1 amide bonds. The van der Waals surface area contributed by atoms with Crippen LogP contribution in [0.15, 0.2) is 72.0 Å². The van der Waals surface area contributed by atoms with Gasteiger partial charge in [0.05, 0.1) is 12.4 Å². The van der Waals surface area contributed by atoms with E-state index in [0.29, 0.717) is 25.3 Å². The van der Waals surface area contributed by atoms with E-state index in [4.69, 9.17) is 0 Å². The zero-order valence-corrected chi connectivity index (χ0v) is 16.6. The van der Waals surface area contributed by atoms with Crippen LogP contribution in [0.2, 0.25) is 0 Å². The number of hydrogen-bond donors (Lipinski definition) is 1. The van der Waals surface area contributed by atoms with E-state index in [0.717, 1.165) is 16.3 Å². The predicted molar refractivity (Wildman–Crippen MR) is 112 cm³/mol. The average Bonchev–Trinajstić information content (AvgIpc) is 3.08. The van der Waals surface area contributed by atoms with Crippen molar-refractivity contribution in [3.63, 3.8) is 0 Å². The Morgan fingerprint density at radius 1 is 1.07 bits per heavy atom. The number of likely N-dealkylation sites (tertiary alicyclic amines) is 1. The lowest BCUT2D eigenvalue weighted by Gasteiger charge is -2.17. The van der Waals surface area contributed by atoms with Gasteiger partial charge in [0.25, 0.3) is 0 Å². The molecule has 29 heavy (non-hydrogen) atoms. The van der Waals surface area contributed by atoms with Crippen LogP contribution in [-0.4, -0.2) is 33.4 Å². The molecule has 2 aromatic carbocycles. The molecule has 5 nitrogen and oxygen atoms in total. The van der Waals surface area contributed by atoms with Crippen molar-refractivity contribution in [1.29, 1.82) is 0 Å². The second kappa shape index (κ2) is 9.05. The van der Waals surface area contributed by atoms with Crippen molar-refractivity contribution in [3.05, 3.63) is 83.9 Å². The highest BCUT2D eigenvalue weighted by Gasteiger charge is 2.31. The summed E-state index contributed by atoms with van der Waals surface area (Å²) in [5.41, 5.74) is 2.14. The Balaban J connectivity index is 1.34. The molecule has 7 heteroatoms. The van der Waals surface area contributed by atoms with E-state index in [2.05, 4.69) is 27.4 Å². The topological polar surface area (TPSA) is 58.1 Å². The highest BCUT2D eigenvalue weighted by Crippen LogP contribution is 2.23. The van der Waals surface area contributed by atoms with Crippen LogP contribution in [0.3, 0.4) is 0 Å². The highest BCUT2D eigenvalue weighted by atomic mass is 32.2. The number of nitrogens with one attached hydrogen (secondary N) is 1. The largest absolute Gasteiger partial charge is 0.357 e. The molecule has 148 valence electrons. The zero-order valence-electron chi connectivity index (χ0n) is 15.8. The molecule has 1 aromatic heterocycles. The number of amides is 1. The number of carbonyl (C=O) groups is 1. The summed E-state index contributed by atoms with van der Waals surface area (Å²) in [6.45, 7) is 1.14. The van der Waals surface area contributed by atoms with Crippen LogP contribution in [0.5, 0.6) is 0 Å². The number of rotatable bonds is 7. The molecule has 2 heterocycles. The van der Waals surface area contributed by atoms with Gasteiger partial charge >= 0.3 is 0 Å². The summed E-state index contributed by atoms with van der Waals surface area (Å²) in [6.07, 6.45) is 4.07. The number of thioether (sulfide) groups is 1. The lowest BCUT2D eigenvalue weighted by atomic mass is 10.2. The summed E-state index contributed by atoms with van der Waals surface area (Å²) in [7, 11) is 0. The van der Waals surface area contributed by atoms with Gasteiger partial charge < -0.3 is 10.2 Å². The number of benzene rings is 2. The first kappa shape index (κ1) is 19.4. The Morgan fingerprint density at radius 3 is 2.66 bits per heavy atom. The van der Waals surface area contributed by atoms with Crippen LogP contribution < -0.4 is 5.32 Å². The number of halogens is 1. The molecule has 1 unspecified atom stereocenters. The molecule has 1 aliphatic heterocycles. The molecule has 1 atom stereocenters. The number of carbonyl (C=O) groups excluding carboxylic acids is 1. The SMILES string of the molecule is O=C1C(Nc2cncc(SCc3ccccc3)n2)CCN1Cc1ccc(F)cc1. The summed E-state index contributed by atoms with van der Waals surface area (Å²) in [6, 6.07) is 16.1. The molecule has 3 aromatic rings. The molecule has 0 spiro atoms. The van der Waals surface area contributed by atoms with Crippen LogP contribution in [-0.2, 0) is 17.1 Å². The quantitative estimate of drug-likeness (QED) is 0.596. The second-order valence-electron chi connectivity index (χ2n) is 6.89. The van der Waals surface area contributed by atoms with E-state index in [9.17, 15) is 9.18 Å². The number of aromatic nitrogens is 2. The molecule has 0 aliphatic carbocycles. The first-order chi connectivity index (χ1) is 14.2. The van der Waals surface area contributed by atoms with Crippen molar-refractivity contribution in [1.82, 2.24) is 14.9 Å². The zero-order chi connectivity index (χ0) is 20.1. The van der Waals surface area contributed by atoms with Crippen LogP contribution in [0.4, 0.5) is 10.2 Å². The molecule has 1 fully saturated rings. The molecular formula is C22H21FN4OS. The number of hydrogen-bond acceptors (Lipinski definition) is 5. The summed E-state index contributed by atoms with van der Waals surface area (Å²) in [5.74, 6) is 1.17. The summed E-state index contributed by atoms with van der Waals surface area (Å²) < 4.78 is 13.1. The molecule has 1 N–H and O–H groups in total. The van der Waals surface area contributed by atoms with Crippen LogP contribution in [0, 0.1) is 5.82 Å². The molecule has 4 rings (SSSR count). The van der Waals surface area contributed by atoms with Gasteiger partial charge in [-0.2, -0.15) is 0 Å². The molecule has 1 saturated heterocycles. The monoisotopic (exact) mass is 408 g/mol. The Kier molecular flexibility index (Phi) is 6.05. The second-order valence-corrected chi connectivity index (χ2v) is 7.88. The van der Waals surface area contributed by atoms with Crippen LogP contribution in [0.1, 0.15) is 17.5 Å². The van der Waals surface area contributed by atoms with Gasteiger partial charge in [0.2, 0.25) is 5.91 Å². The van der Waals surface area contributed by atoms with Crippen molar-refractivity contribution < 1.29 is 9.18 Å². The lowest BCUT2D eigenvalue weighted by molar-refractivity contribution is -0.128. The highest BCUT2D eigenvalue weighted by molar-refractivity contribution is 7.98. The van der Waals surface area contributed by atoms with E-state index >= 15 is 0 Å². The van der Waals surface area contributed by atoms with E-state index in [1.807, 2.05) is 18.2 Å². The molecular weight excluding hydrogens is 387 g/mol. The Morgan fingerprint density at radius 2 is 1.86 bits per heavy atom. The Labute approximate surface area is 173 Å². The van der Waals surface area contributed by atoms with E-state index in [1.54, 1.807) is 41.2 Å². The predicted octanol–water partition coefficient (Wildman–Crippen LogP) is 4.12. The normalized spacial score (nSPS) is 16.2. The third-order valence-electron chi connectivity index (χ3n) is 4.75. The van der Waals surface area contributed by atoms with Gasteiger partial charge in [-0.3, -0.25) is 9.78 Å². The van der Waals surface area contributed by atoms with Crippen LogP contribution >= 0.6 is 11.8 Å². The van der Waals surface area contributed by atoms with Gasteiger partial charge in [0.1, 0.15) is 22.7 Å². The summed E-state index contributed by atoms with van der Waals surface area (Å²) >= 11 is 1.61. The minimum Gasteiger partial charge on any atom is -0.357 e. The van der Waals surface area contributed by atoms with Crippen molar-refractivity contribution in [2.24, 2.45) is 0 Å². The smallest absolute Gasteiger partial charge is 0.245 e. The maximum Gasteiger partial charge on any atom is 0.245 e. The van der Waals surface area contributed by atoms with Gasteiger partial charge in [0, 0.05) is 18.8 Å². The molecule has 0 saturated carbocycles. The standard InChI is InChI=1S/C22H21FN4OS/c23-18-8-6-16(7-9-18)14-27-11-10-19(22(27)28)25-20-12-24-13-21(26-20)29-15-17-4-2-1-3-5-17/h1-9,12-13,19H,10-11,14-15H2,(H,25,26). The van der Waals surface area contributed by atoms with Crippen molar-refractivity contribution >= 4 is 23.5 Å². The number of anilines is 1. The van der Waals surface area contributed by atoms with Gasteiger partial charge in [-0.25, -0.2) is 9.37 Å². The molecule has 0 radical (unpaired) electrons. The summed E-state index contributed by atoms with van der Waals surface area (Å²) in [5, 5.41) is 4.03. The summed E-state index contributed by atoms with van der Waals surface area (Å²) in [4.78, 5) is 23.3. The van der Waals surface area contributed by atoms with Gasteiger partial charge in [-0.15, -0.1) is 11.8 Å². The minimum atomic E-state index is -0.320. The fourth-order valence-electron chi connectivity index (χ4n) is 3.24. The van der Waals surface area contributed by atoms with Crippen LogP contribution in [0.25, 0.3) is 0 Å². The molecule has 1 aliphatic rings. The number of nitrogens with zero attached hydrogens (tertiary/aromatic N) is 3.